The van der Waals surface area contributed by atoms with Crippen LogP contribution in [0.25, 0.3) is 16.7 Å². The van der Waals surface area contributed by atoms with Crippen LogP contribution in [0, 0.1) is 0 Å². The quantitative estimate of drug-likeness (QED) is 0.270. The molecule has 0 aliphatic carbocycles. The number of halogens is 1. The Hall–Kier alpha value is -3.09. The number of aliphatic hydroxyl groups excluding tert-OH is 1. The summed E-state index contributed by atoms with van der Waals surface area (Å²) in [6.07, 6.45) is 2.48. The number of methoxy groups -OCH3 is 1. The Kier molecular flexibility index (Phi) is 5.85. The summed E-state index contributed by atoms with van der Waals surface area (Å²) in [5.74, 6) is -1.56. The van der Waals surface area contributed by atoms with Crippen molar-refractivity contribution in [1.82, 2.24) is 9.47 Å². The van der Waals surface area contributed by atoms with Crippen LogP contribution in [0.2, 0.25) is 5.02 Å². The molecule has 1 aliphatic heterocycles. The monoisotopic (exact) mass is 438 g/mol. The Morgan fingerprint density at radius 1 is 1.16 bits per heavy atom. The van der Waals surface area contributed by atoms with Crippen LogP contribution in [0.5, 0.6) is 0 Å². The minimum Gasteiger partial charge on any atom is -0.507 e. The molecule has 1 amide bonds. The molecule has 0 radical (unpaired) electrons. The van der Waals surface area contributed by atoms with Gasteiger partial charge in [0.1, 0.15) is 5.76 Å². The number of amides is 1. The van der Waals surface area contributed by atoms with Gasteiger partial charge in [-0.2, -0.15) is 0 Å². The molecule has 0 spiro atoms. The third-order valence-corrected chi connectivity index (χ3v) is 5.84. The number of hydrogen-bond donors (Lipinski definition) is 1. The van der Waals surface area contributed by atoms with Crippen LogP contribution in [0.4, 0.5) is 0 Å². The summed E-state index contributed by atoms with van der Waals surface area (Å²) in [6.45, 7) is 0.790. The average molecular weight is 439 g/mol. The van der Waals surface area contributed by atoms with E-state index in [1.54, 1.807) is 31.4 Å². The third-order valence-electron chi connectivity index (χ3n) is 5.61. The molecule has 6 nitrogen and oxygen atoms in total. The Balaban J connectivity index is 1.93. The number of aromatic nitrogens is 1. The number of nitrogens with zero attached hydrogens (tertiary/aromatic N) is 2. The molecular formula is C24H23ClN2O4. The van der Waals surface area contributed by atoms with E-state index in [2.05, 4.69) is 0 Å². The van der Waals surface area contributed by atoms with Gasteiger partial charge in [0, 0.05) is 60.6 Å². The number of aliphatic hydroxyl groups is 1. The van der Waals surface area contributed by atoms with Crippen molar-refractivity contribution in [3.8, 4) is 0 Å². The molecule has 3 aromatic rings. The molecule has 1 atom stereocenters. The summed E-state index contributed by atoms with van der Waals surface area (Å²) in [5.41, 5.74) is 2.23. The number of likely N-dealkylation sites (tertiary alicyclic amines) is 1. The number of para-hydroxylation sites is 1. The smallest absolute Gasteiger partial charge is 0.295 e. The highest BCUT2D eigenvalue weighted by molar-refractivity contribution is 6.46. The molecule has 31 heavy (non-hydrogen) atoms. The van der Waals surface area contributed by atoms with Gasteiger partial charge in [-0.05, 0) is 24.6 Å². The second-order valence-electron chi connectivity index (χ2n) is 7.56. The molecule has 0 saturated carbocycles. The first kappa shape index (κ1) is 21.2. The lowest BCUT2D eigenvalue weighted by atomic mass is 9.95. The summed E-state index contributed by atoms with van der Waals surface area (Å²) < 4.78 is 7.09. The average Bonchev–Trinajstić information content (AvgIpc) is 3.22. The van der Waals surface area contributed by atoms with Crippen molar-refractivity contribution in [2.75, 3.05) is 20.3 Å². The first-order chi connectivity index (χ1) is 14.9. The van der Waals surface area contributed by atoms with Gasteiger partial charge < -0.3 is 19.3 Å². The molecule has 1 aliphatic rings. The highest BCUT2D eigenvalue weighted by atomic mass is 35.5. The fourth-order valence-electron chi connectivity index (χ4n) is 4.20. The van der Waals surface area contributed by atoms with Gasteiger partial charge in [0.15, 0.2) is 0 Å². The van der Waals surface area contributed by atoms with Crippen molar-refractivity contribution in [3.63, 3.8) is 0 Å². The van der Waals surface area contributed by atoms with Crippen molar-refractivity contribution in [3.05, 3.63) is 76.5 Å². The van der Waals surface area contributed by atoms with E-state index in [9.17, 15) is 14.7 Å². The molecular weight excluding hydrogens is 416 g/mol. The van der Waals surface area contributed by atoms with Crippen LogP contribution in [-0.4, -0.2) is 46.5 Å². The Bertz CT molecular complexity index is 1200. The Labute approximate surface area is 185 Å². The summed E-state index contributed by atoms with van der Waals surface area (Å²) >= 11 is 6.10. The summed E-state index contributed by atoms with van der Waals surface area (Å²) in [7, 11) is 3.51. The van der Waals surface area contributed by atoms with E-state index >= 15 is 0 Å². The Morgan fingerprint density at radius 2 is 1.94 bits per heavy atom. The first-order valence-corrected chi connectivity index (χ1v) is 10.4. The summed E-state index contributed by atoms with van der Waals surface area (Å²) in [5, 5.41) is 12.5. The van der Waals surface area contributed by atoms with Gasteiger partial charge in [0.2, 0.25) is 0 Å². The maximum atomic E-state index is 13.1. The van der Waals surface area contributed by atoms with E-state index in [1.807, 2.05) is 42.1 Å². The number of hydrogen-bond acceptors (Lipinski definition) is 4. The second-order valence-corrected chi connectivity index (χ2v) is 8.00. The largest absolute Gasteiger partial charge is 0.507 e. The second kappa shape index (κ2) is 8.57. The topological polar surface area (TPSA) is 71.8 Å². The Morgan fingerprint density at radius 3 is 2.68 bits per heavy atom. The molecule has 160 valence electrons. The van der Waals surface area contributed by atoms with Gasteiger partial charge >= 0.3 is 0 Å². The van der Waals surface area contributed by atoms with E-state index in [-0.39, 0.29) is 11.3 Å². The van der Waals surface area contributed by atoms with Crippen LogP contribution in [-0.2, 0) is 21.4 Å². The first-order valence-electron chi connectivity index (χ1n) is 10.0. The van der Waals surface area contributed by atoms with E-state index in [1.165, 1.54) is 4.90 Å². The van der Waals surface area contributed by atoms with Gasteiger partial charge in [0.05, 0.1) is 11.6 Å². The maximum absolute atomic E-state index is 13.1. The molecule has 2 aromatic carbocycles. The van der Waals surface area contributed by atoms with Gasteiger partial charge in [-0.1, -0.05) is 41.9 Å². The van der Waals surface area contributed by atoms with E-state index in [0.29, 0.717) is 30.2 Å². The van der Waals surface area contributed by atoms with Gasteiger partial charge in [0.25, 0.3) is 11.7 Å². The number of aryl methyl sites for hydroxylation is 1. The van der Waals surface area contributed by atoms with Crippen molar-refractivity contribution in [2.24, 2.45) is 7.05 Å². The lowest BCUT2D eigenvalue weighted by molar-refractivity contribution is -0.140. The van der Waals surface area contributed by atoms with Gasteiger partial charge in [-0.15, -0.1) is 0 Å². The standard InChI is InChI=1S/C24H23ClN2O4/c1-26-14-18(17-9-3-4-10-19(17)26)21-20(22(28)15-7-5-8-16(25)13-15)23(29)24(30)27(21)11-6-12-31-2/h3-5,7-10,13-14,21,28H,6,11-12H2,1-2H3/b22-20+. The summed E-state index contributed by atoms with van der Waals surface area (Å²) in [4.78, 5) is 27.6. The normalized spacial score (nSPS) is 18.3. The number of ether oxygens (including phenoxy) is 1. The van der Waals surface area contributed by atoms with Gasteiger partial charge in [-0.25, -0.2) is 0 Å². The molecule has 7 heteroatoms. The fraction of sp³-hybridized carbons (Fsp3) is 0.250. The molecule has 1 fully saturated rings. The lowest BCUT2D eigenvalue weighted by Gasteiger charge is -2.24. The van der Waals surface area contributed by atoms with Crippen LogP contribution < -0.4 is 0 Å². The zero-order valence-electron chi connectivity index (χ0n) is 17.3. The minimum atomic E-state index is -0.707. The van der Waals surface area contributed by atoms with Crippen molar-refractivity contribution in [2.45, 2.75) is 12.5 Å². The predicted octanol–water partition coefficient (Wildman–Crippen LogP) is 4.29. The predicted molar refractivity (Wildman–Crippen MR) is 120 cm³/mol. The highest BCUT2D eigenvalue weighted by Gasteiger charge is 2.46. The van der Waals surface area contributed by atoms with Crippen LogP contribution in [0.3, 0.4) is 0 Å². The number of ketones is 1. The molecule has 4 rings (SSSR count). The molecule has 1 saturated heterocycles. The number of fused-ring (bicyclic) bond motifs is 1. The molecule has 1 unspecified atom stereocenters. The van der Waals surface area contributed by atoms with Crippen LogP contribution in [0.15, 0.2) is 60.3 Å². The SMILES string of the molecule is COCCCN1C(=O)C(=O)/C(=C(/O)c2cccc(Cl)c2)C1c1cn(C)c2ccccc12. The third kappa shape index (κ3) is 3.73. The van der Waals surface area contributed by atoms with Crippen LogP contribution in [0.1, 0.15) is 23.6 Å². The molecule has 2 heterocycles. The number of carbonyl (C=O) groups excluding carboxylic acids is 2. The van der Waals surface area contributed by atoms with Gasteiger partial charge in [-0.3, -0.25) is 9.59 Å². The van der Waals surface area contributed by atoms with E-state index < -0.39 is 17.7 Å². The van der Waals surface area contributed by atoms with E-state index in [0.717, 1.165) is 16.5 Å². The molecule has 1 N–H and O–H groups in total. The molecule has 1 aromatic heterocycles. The highest BCUT2D eigenvalue weighted by Crippen LogP contribution is 2.42. The number of Topliss-reactive ketones (excluding diaryl/α,β-unsaturated/α-hetero) is 1. The zero-order chi connectivity index (χ0) is 22.1. The maximum Gasteiger partial charge on any atom is 0.295 e. The van der Waals surface area contributed by atoms with E-state index in [4.69, 9.17) is 16.3 Å². The minimum absolute atomic E-state index is 0.0704. The van der Waals surface area contributed by atoms with Crippen molar-refractivity contribution >= 4 is 40.0 Å². The molecule has 0 bridgehead atoms. The van der Waals surface area contributed by atoms with Crippen molar-refractivity contribution < 1.29 is 19.4 Å². The summed E-state index contributed by atoms with van der Waals surface area (Å²) in [6, 6.07) is 13.7. The van der Waals surface area contributed by atoms with Crippen molar-refractivity contribution in [1.29, 1.82) is 0 Å². The number of benzene rings is 2. The number of rotatable bonds is 6. The lowest BCUT2D eigenvalue weighted by Crippen LogP contribution is -2.31. The zero-order valence-corrected chi connectivity index (χ0v) is 18.1. The van der Waals surface area contributed by atoms with Crippen LogP contribution >= 0.6 is 11.6 Å². The number of carbonyl (C=O) groups is 2. The fourth-order valence-corrected chi connectivity index (χ4v) is 4.39.